The third kappa shape index (κ3) is 8.24. The number of carbonyl (C=O) groups excluding carboxylic acids is 1. The van der Waals surface area contributed by atoms with Crippen molar-refractivity contribution in [1.29, 1.82) is 0 Å². The summed E-state index contributed by atoms with van der Waals surface area (Å²) in [7, 11) is 2.07. The van der Waals surface area contributed by atoms with Gasteiger partial charge in [0, 0.05) is 23.6 Å². The highest BCUT2D eigenvalue weighted by molar-refractivity contribution is 7.98. The van der Waals surface area contributed by atoms with Crippen molar-refractivity contribution in [2.75, 3.05) is 26.7 Å². The van der Waals surface area contributed by atoms with Crippen LogP contribution in [0.25, 0.3) is 11.1 Å². The maximum atomic E-state index is 14.0. The number of hydrogen-bond acceptors (Lipinski definition) is 4. The predicted octanol–water partition coefficient (Wildman–Crippen LogP) is 5.41. The number of carbonyl (C=O) groups is 1. The van der Waals surface area contributed by atoms with Crippen molar-refractivity contribution >= 4 is 17.7 Å². The molecular weight excluding hydrogens is 616 g/mol. The van der Waals surface area contributed by atoms with Crippen LogP contribution in [-0.2, 0) is 42.7 Å². The van der Waals surface area contributed by atoms with Gasteiger partial charge in [0.05, 0.1) is 32.2 Å². The number of hydrogen-bond donors (Lipinski definition) is 1. The summed E-state index contributed by atoms with van der Waals surface area (Å²) in [6, 6.07) is 18.7. The molecule has 242 valence electrons. The van der Waals surface area contributed by atoms with E-state index in [1.165, 1.54) is 40.9 Å². The third-order valence-electron chi connectivity index (χ3n) is 8.41. The fourth-order valence-electron chi connectivity index (χ4n) is 5.49. The number of amides is 1. The quantitative estimate of drug-likeness (QED) is 0.126. The van der Waals surface area contributed by atoms with Crippen molar-refractivity contribution in [3.8, 4) is 11.1 Å². The first-order valence-electron chi connectivity index (χ1n) is 15.4. The van der Waals surface area contributed by atoms with Crippen LogP contribution in [0.1, 0.15) is 41.3 Å². The molecule has 1 aliphatic carbocycles. The molecule has 1 amide bonds. The maximum Gasteiger partial charge on any atom is 0.416 e. The predicted molar refractivity (Wildman–Crippen MR) is 171 cm³/mol. The van der Waals surface area contributed by atoms with Gasteiger partial charge in [-0.3, -0.25) is 9.59 Å². The minimum Gasteiger partial charge on any atom is -0.336 e. The molecule has 0 bridgehead atoms. The fourth-order valence-corrected chi connectivity index (χ4v) is 6.46. The minimum atomic E-state index is -4.39. The number of thioether (sulfide) groups is 1. The van der Waals surface area contributed by atoms with Gasteiger partial charge in [-0.05, 0) is 72.7 Å². The maximum absolute atomic E-state index is 14.0. The Morgan fingerprint density at radius 1 is 0.957 bits per heavy atom. The van der Waals surface area contributed by atoms with Crippen LogP contribution < -0.4 is 10.5 Å². The van der Waals surface area contributed by atoms with Crippen molar-refractivity contribution in [1.82, 2.24) is 14.5 Å². The first-order chi connectivity index (χ1) is 22.0. The molecule has 1 N–H and O–H groups in total. The number of aromatic nitrogens is 2. The van der Waals surface area contributed by atoms with E-state index in [2.05, 4.69) is 19.0 Å². The zero-order chi connectivity index (χ0) is 32.8. The van der Waals surface area contributed by atoms with Gasteiger partial charge < -0.3 is 14.4 Å². The summed E-state index contributed by atoms with van der Waals surface area (Å²) in [5.41, 5.74) is 3.80. The molecule has 0 saturated carbocycles. The number of nitrogens with one attached hydrogen (secondary N) is 1. The normalized spacial score (nSPS) is 13.4. The Balaban J connectivity index is 1.36. The smallest absolute Gasteiger partial charge is 0.336 e. The first kappa shape index (κ1) is 33.4. The lowest BCUT2D eigenvalue weighted by molar-refractivity contribution is -0.877. The summed E-state index contributed by atoms with van der Waals surface area (Å²) in [4.78, 5) is 34.4. The average Bonchev–Trinajstić information content (AvgIpc) is 3.55. The lowest BCUT2D eigenvalue weighted by Gasteiger charge is -2.26. The Kier molecular flexibility index (Phi) is 10.6. The van der Waals surface area contributed by atoms with Gasteiger partial charge in [-0.25, -0.2) is 4.39 Å². The van der Waals surface area contributed by atoms with Gasteiger partial charge >= 0.3 is 6.18 Å². The van der Waals surface area contributed by atoms with E-state index in [0.29, 0.717) is 48.0 Å². The molecule has 3 aromatic carbocycles. The van der Waals surface area contributed by atoms with E-state index >= 15 is 0 Å². The minimum absolute atomic E-state index is 0.0379. The second-order valence-electron chi connectivity index (χ2n) is 11.6. The molecule has 0 saturated heterocycles. The van der Waals surface area contributed by atoms with Gasteiger partial charge in [-0.2, -0.15) is 18.2 Å². The summed E-state index contributed by atoms with van der Waals surface area (Å²) in [6.45, 7) is 4.66. The van der Waals surface area contributed by atoms with Crippen LogP contribution >= 0.6 is 11.8 Å². The summed E-state index contributed by atoms with van der Waals surface area (Å²) in [5, 5.41) is 0.473. The summed E-state index contributed by atoms with van der Waals surface area (Å²) < 4.78 is 54.3. The molecule has 0 fully saturated rings. The van der Waals surface area contributed by atoms with Crippen molar-refractivity contribution in [3.63, 3.8) is 0 Å². The monoisotopic (exact) mass is 653 g/mol. The SMILES string of the molecule is CC[NH+](C)CCN(Cc1ccc(-c2ccc(C(F)(F)F)cc2)cc1)C(=O)Cn1c(SCc2ccc(F)cc2)nc(=O)c2c1CCC2. The van der Waals surface area contributed by atoms with Gasteiger partial charge in [-0.1, -0.05) is 60.3 Å². The van der Waals surface area contributed by atoms with Crippen LogP contribution in [0.3, 0.4) is 0 Å². The molecule has 1 aliphatic rings. The molecule has 4 aromatic rings. The van der Waals surface area contributed by atoms with E-state index in [1.54, 1.807) is 12.1 Å². The van der Waals surface area contributed by atoms with E-state index < -0.39 is 11.7 Å². The van der Waals surface area contributed by atoms with Gasteiger partial charge in [-0.15, -0.1) is 0 Å². The molecule has 11 heteroatoms. The van der Waals surface area contributed by atoms with Crippen LogP contribution in [-0.4, -0.2) is 47.0 Å². The third-order valence-corrected chi connectivity index (χ3v) is 9.46. The molecule has 0 aliphatic heterocycles. The number of nitrogens with zero attached hydrogens (tertiary/aromatic N) is 3. The Morgan fingerprint density at radius 2 is 1.59 bits per heavy atom. The molecule has 46 heavy (non-hydrogen) atoms. The molecule has 0 spiro atoms. The van der Waals surface area contributed by atoms with Gasteiger partial charge in [0.25, 0.3) is 5.56 Å². The van der Waals surface area contributed by atoms with Crippen LogP contribution in [0.2, 0.25) is 0 Å². The van der Waals surface area contributed by atoms with Crippen LogP contribution in [0, 0.1) is 5.82 Å². The van der Waals surface area contributed by atoms with E-state index in [4.69, 9.17) is 0 Å². The zero-order valence-corrected chi connectivity index (χ0v) is 26.7. The Labute approximate surface area is 270 Å². The Bertz CT molecular complexity index is 1710. The molecule has 6 nitrogen and oxygen atoms in total. The largest absolute Gasteiger partial charge is 0.416 e. The standard InChI is InChI=1S/C35H36F4N4O2S/c1-3-41(2)19-20-42(21-24-7-11-26(12-8-24)27-13-15-28(16-14-27)35(37,38)39)32(44)22-43-31-6-4-5-30(31)33(45)40-34(43)46-23-25-9-17-29(36)18-10-25/h7-18H,3-6,19-23H2,1-2H3/p+1. The second-order valence-corrected chi connectivity index (χ2v) is 12.6. The van der Waals surface area contributed by atoms with Crippen LogP contribution in [0.15, 0.2) is 82.7 Å². The van der Waals surface area contributed by atoms with Crippen molar-refractivity contribution in [2.45, 2.75) is 56.4 Å². The van der Waals surface area contributed by atoms with E-state index in [9.17, 15) is 27.2 Å². The Morgan fingerprint density at radius 3 is 2.22 bits per heavy atom. The van der Waals surface area contributed by atoms with Crippen molar-refractivity contribution < 1.29 is 27.3 Å². The number of fused-ring (bicyclic) bond motifs is 1. The number of halogens is 4. The molecule has 1 unspecified atom stereocenters. The molecule has 1 heterocycles. The summed E-state index contributed by atoms with van der Waals surface area (Å²) in [5.74, 6) is 0.0509. The molecule has 1 aromatic heterocycles. The number of benzene rings is 3. The summed E-state index contributed by atoms with van der Waals surface area (Å²) in [6.07, 6.45) is -2.23. The van der Waals surface area contributed by atoms with E-state index in [-0.39, 0.29) is 23.8 Å². The lowest BCUT2D eigenvalue weighted by atomic mass is 10.0. The molecular formula is C35H37F4N4O2S+. The zero-order valence-electron chi connectivity index (χ0n) is 25.9. The highest BCUT2D eigenvalue weighted by atomic mass is 32.2. The van der Waals surface area contributed by atoms with Crippen molar-refractivity contribution in [2.24, 2.45) is 0 Å². The number of alkyl halides is 3. The number of rotatable bonds is 12. The van der Waals surface area contributed by atoms with E-state index in [1.807, 2.05) is 33.7 Å². The Hall–Kier alpha value is -3.96. The van der Waals surface area contributed by atoms with Crippen molar-refractivity contribution in [3.05, 3.63) is 117 Å². The average molecular weight is 654 g/mol. The highest BCUT2D eigenvalue weighted by Gasteiger charge is 2.30. The van der Waals surface area contributed by atoms with E-state index in [0.717, 1.165) is 54.0 Å². The van der Waals surface area contributed by atoms with Gasteiger partial charge in [0.2, 0.25) is 5.91 Å². The molecule has 5 rings (SSSR count). The number of likely N-dealkylation sites (N-methyl/N-ethyl adjacent to an activating group) is 1. The second kappa shape index (κ2) is 14.6. The van der Waals surface area contributed by atoms with Crippen LogP contribution in [0.4, 0.5) is 17.6 Å². The molecule has 0 radical (unpaired) electrons. The fraction of sp³-hybridized carbons (Fsp3) is 0.343. The highest BCUT2D eigenvalue weighted by Crippen LogP contribution is 2.31. The number of quaternary nitrogens is 1. The first-order valence-corrected chi connectivity index (χ1v) is 16.4. The van der Waals surface area contributed by atoms with Gasteiger partial charge in [0.1, 0.15) is 12.4 Å². The lowest BCUT2D eigenvalue weighted by Crippen LogP contribution is -3.09. The van der Waals surface area contributed by atoms with Crippen LogP contribution in [0.5, 0.6) is 0 Å². The molecule has 1 atom stereocenters. The van der Waals surface area contributed by atoms with Gasteiger partial charge in [0.15, 0.2) is 5.16 Å². The topological polar surface area (TPSA) is 59.6 Å². The summed E-state index contributed by atoms with van der Waals surface area (Å²) >= 11 is 1.36.